The summed E-state index contributed by atoms with van der Waals surface area (Å²) >= 11 is 0. The van der Waals surface area contributed by atoms with Crippen molar-refractivity contribution < 1.29 is 4.74 Å². The van der Waals surface area contributed by atoms with Crippen LogP contribution in [0.25, 0.3) is 0 Å². The minimum Gasteiger partial charge on any atom is -0.394 e. The van der Waals surface area contributed by atoms with E-state index in [0.717, 1.165) is 5.56 Å². The van der Waals surface area contributed by atoms with Crippen LogP contribution in [0.15, 0.2) is 53.5 Å². The van der Waals surface area contributed by atoms with E-state index in [4.69, 9.17) is 10.5 Å². The van der Waals surface area contributed by atoms with Crippen molar-refractivity contribution in [3.8, 4) is 0 Å². The third-order valence-electron chi connectivity index (χ3n) is 2.39. The molecule has 4 heteroatoms. The second-order valence-corrected chi connectivity index (χ2v) is 3.70. The lowest BCUT2D eigenvalue weighted by Gasteiger charge is -2.07. The van der Waals surface area contributed by atoms with Gasteiger partial charge in [0.05, 0.1) is 12.3 Å². The fourth-order valence-corrected chi connectivity index (χ4v) is 1.49. The summed E-state index contributed by atoms with van der Waals surface area (Å²) in [5.74, 6) is 0. The highest BCUT2D eigenvalue weighted by Crippen LogP contribution is 2.01. The number of anilines is 1. The number of nitrogens with zero attached hydrogens (tertiary/aromatic N) is 1. The molecule has 0 spiro atoms. The van der Waals surface area contributed by atoms with E-state index in [0.29, 0.717) is 6.61 Å². The van der Waals surface area contributed by atoms with Crippen LogP contribution < -0.4 is 11.3 Å². The van der Waals surface area contributed by atoms with Crippen LogP contribution in [0.5, 0.6) is 0 Å². The number of hydrogen-bond acceptors (Lipinski definition) is 3. The molecule has 1 aromatic heterocycles. The summed E-state index contributed by atoms with van der Waals surface area (Å²) < 4.78 is 6.89. The van der Waals surface area contributed by atoms with Crippen LogP contribution in [0.1, 0.15) is 5.56 Å². The zero-order chi connectivity index (χ0) is 12.1. The van der Waals surface area contributed by atoms with Crippen LogP contribution in [0, 0.1) is 0 Å². The van der Waals surface area contributed by atoms with Crippen LogP contribution in [0.4, 0.5) is 5.69 Å². The minimum absolute atomic E-state index is 0.207. The average Bonchev–Trinajstić information content (AvgIpc) is 2.36. The SMILES string of the molecule is Nc1cccn(COCc2ccccc2)c1=O. The van der Waals surface area contributed by atoms with Gasteiger partial charge in [-0.15, -0.1) is 0 Å². The lowest BCUT2D eigenvalue weighted by molar-refractivity contribution is 0.0619. The van der Waals surface area contributed by atoms with Gasteiger partial charge < -0.3 is 10.5 Å². The van der Waals surface area contributed by atoms with Crippen molar-refractivity contribution in [1.29, 1.82) is 0 Å². The molecule has 2 N–H and O–H groups in total. The maximum Gasteiger partial charge on any atom is 0.275 e. The normalized spacial score (nSPS) is 10.4. The number of rotatable bonds is 4. The van der Waals surface area contributed by atoms with Gasteiger partial charge in [-0.25, -0.2) is 0 Å². The van der Waals surface area contributed by atoms with Gasteiger partial charge >= 0.3 is 0 Å². The number of pyridine rings is 1. The molecule has 1 heterocycles. The summed E-state index contributed by atoms with van der Waals surface area (Å²) in [6, 6.07) is 13.1. The van der Waals surface area contributed by atoms with Crippen LogP contribution in [-0.2, 0) is 18.1 Å². The maximum atomic E-state index is 11.6. The predicted octanol–water partition coefficient (Wildman–Crippen LogP) is 1.60. The lowest BCUT2D eigenvalue weighted by atomic mass is 10.2. The number of nitrogen functional groups attached to an aromatic ring is 1. The first-order valence-electron chi connectivity index (χ1n) is 5.34. The van der Waals surface area contributed by atoms with Crippen molar-refractivity contribution in [1.82, 2.24) is 4.57 Å². The molecule has 2 aromatic rings. The van der Waals surface area contributed by atoms with Gasteiger partial charge in [0.25, 0.3) is 5.56 Å². The molecular formula is C13H14N2O2. The van der Waals surface area contributed by atoms with Crippen molar-refractivity contribution in [3.63, 3.8) is 0 Å². The summed E-state index contributed by atoms with van der Waals surface area (Å²) in [4.78, 5) is 11.6. The summed E-state index contributed by atoms with van der Waals surface area (Å²) in [6.07, 6.45) is 1.66. The van der Waals surface area contributed by atoms with Crippen LogP contribution >= 0.6 is 0 Å². The Morgan fingerprint density at radius 2 is 1.88 bits per heavy atom. The van der Waals surface area contributed by atoms with E-state index in [1.54, 1.807) is 18.3 Å². The first-order valence-corrected chi connectivity index (χ1v) is 5.34. The lowest BCUT2D eigenvalue weighted by Crippen LogP contribution is -2.23. The standard InChI is InChI=1S/C13H14N2O2/c14-12-7-4-8-15(13(12)16)10-17-9-11-5-2-1-3-6-11/h1-8H,9-10,14H2. The number of ether oxygens (including phenoxy) is 1. The maximum absolute atomic E-state index is 11.6. The number of nitrogens with two attached hydrogens (primary N) is 1. The molecular weight excluding hydrogens is 216 g/mol. The highest BCUT2D eigenvalue weighted by Gasteiger charge is 1.98. The zero-order valence-electron chi connectivity index (χ0n) is 9.37. The summed E-state index contributed by atoms with van der Waals surface area (Å²) in [6.45, 7) is 0.681. The first kappa shape index (κ1) is 11.4. The van der Waals surface area contributed by atoms with Crippen LogP contribution in [-0.4, -0.2) is 4.57 Å². The Labute approximate surface area is 99.3 Å². The molecule has 1 aromatic carbocycles. The Hall–Kier alpha value is -2.07. The van der Waals surface area contributed by atoms with Crippen molar-refractivity contribution in [2.75, 3.05) is 5.73 Å². The predicted molar refractivity (Wildman–Crippen MR) is 66.3 cm³/mol. The van der Waals surface area contributed by atoms with Gasteiger partial charge in [0, 0.05) is 6.20 Å². The Morgan fingerprint density at radius 1 is 1.12 bits per heavy atom. The van der Waals surface area contributed by atoms with E-state index in [1.807, 2.05) is 30.3 Å². The fraction of sp³-hybridized carbons (Fsp3) is 0.154. The van der Waals surface area contributed by atoms with Gasteiger partial charge in [-0.05, 0) is 17.7 Å². The highest BCUT2D eigenvalue weighted by atomic mass is 16.5. The Bertz CT molecular complexity index is 535. The van der Waals surface area contributed by atoms with Crippen LogP contribution in [0.3, 0.4) is 0 Å². The first-order chi connectivity index (χ1) is 8.27. The van der Waals surface area contributed by atoms with Crippen molar-refractivity contribution in [2.24, 2.45) is 0 Å². The Balaban J connectivity index is 1.95. The van der Waals surface area contributed by atoms with E-state index < -0.39 is 0 Å². The molecule has 0 unspecified atom stereocenters. The minimum atomic E-state index is -0.222. The van der Waals surface area contributed by atoms with Gasteiger partial charge in [-0.1, -0.05) is 30.3 Å². The van der Waals surface area contributed by atoms with Crippen molar-refractivity contribution in [3.05, 3.63) is 64.6 Å². The van der Waals surface area contributed by atoms with Gasteiger partial charge in [-0.2, -0.15) is 0 Å². The van der Waals surface area contributed by atoms with Crippen molar-refractivity contribution >= 4 is 5.69 Å². The monoisotopic (exact) mass is 230 g/mol. The molecule has 2 rings (SSSR count). The van der Waals surface area contributed by atoms with E-state index in [1.165, 1.54) is 4.57 Å². The van der Waals surface area contributed by atoms with E-state index >= 15 is 0 Å². The van der Waals surface area contributed by atoms with E-state index in [-0.39, 0.29) is 18.0 Å². The Kier molecular flexibility index (Phi) is 3.57. The average molecular weight is 230 g/mol. The molecule has 0 amide bonds. The molecule has 0 saturated heterocycles. The highest BCUT2D eigenvalue weighted by molar-refractivity contribution is 5.33. The fourth-order valence-electron chi connectivity index (χ4n) is 1.49. The van der Waals surface area contributed by atoms with Gasteiger partial charge in [0.1, 0.15) is 6.73 Å². The number of hydrogen-bond donors (Lipinski definition) is 1. The molecule has 0 saturated carbocycles. The van der Waals surface area contributed by atoms with E-state index in [2.05, 4.69) is 0 Å². The van der Waals surface area contributed by atoms with Gasteiger partial charge in [0.15, 0.2) is 0 Å². The molecule has 17 heavy (non-hydrogen) atoms. The summed E-state index contributed by atoms with van der Waals surface area (Å²) in [5.41, 5.74) is 6.60. The molecule has 88 valence electrons. The van der Waals surface area contributed by atoms with Crippen LogP contribution in [0.2, 0.25) is 0 Å². The molecule has 0 radical (unpaired) electrons. The number of aromatic nitrogens is 1. The largest absolute Gasteiger partial charge is 0.394 e. The topological polar surface area (TPSA) is 57.2 Å². The third kappa shape index (κ3) is 2.95. The second-order valence-electron chi connectivity index (χ2n) is 3.70. The quantitative estimate of drug-likeness (QED) is 0.868. The zero-order valence-corrected chi connectivity index (χ0v) is 9.37. The second kappa shape index (κ2) is 5.32. The summed E-state index contributed by atoms with van der Waals surface area (Å²) in [5, 5.41) is 0. The molecule has 0 fully saturated rings. The molecule has 4 nitrogen and oxygen atoms in total. The smallest absolute Gasteiger partial charge is 0.275 e. The molecule has 0 aliphatic rings. The van der Waals surface area contributed by atoms with Gasteiger partial charge in [0.2, 0.25) is 0 Å². The molecule has 0 atom stereocenters. The summed E-state index contributed by atoms with van der Waals surface area (Å²) in [7, 11) is 0. The van der Waals surface area contributed by atoms with E-state index in [9.17, 15) is 4.79 Å². The third-order valence-corrected chi connectivity index (χ3v) is 2.39. The molecule has 0 bridgehead atoms. The molecule has 0 aliphatic heterocycles. The number of benzene rings is 1. The van der Waals surface area contributed by atoms with Gasteiger partial charge in [-0.3, -0.25) is 9.36 Å². The Morgan fingerprint density at radius 3 is 2.65 bits per heavy atom. The van der Waals surface area contributed by atoms with Crippen molar-refractivity contribution in [2.45, 2.75) is 13.3 Å². The molecule has 0 aliphatic carbocycles.